The van der Waals surface area contributed by atoms with Gasteiger partial charge in [0.15, 0.2) is 5.96 Å². The minimum Gasteiger partial charge on any atom is -0.357 e. The van der Waals surface area contributed by atoms with Gasteiger partial charge in [0.05, 0.1) is 0 Å². The van der Waals surface area contributed by atoms with Crippen molar-refractivity contribution in [3.05, 3.63) is 35.9 Å². The van der Waals surface area contributed by atoms with Crippen molar-refractivity contribution in [2.24, 2.45) is 10.9 Å². The Balaban J connectivity index is 1.71. The lowest BCUT2D eigenvalue weighted by Gasteiger charge is -2.16. The van der Waals surface area contributed by atoms with Gasteiger partial charge >= 0.3 is 0 Å². The van der Waals surface area contributed by atoms with Crippen molar-refractivity contribution >= 4 is 5.96 Å². The molecular formula is C19H32N4. The van der Waals surface area contributed by atoms with Crippen molar-refractivity contribution in [3.63, 3.8) is 0 Å². The van der Waals surface area contributed by atoms with Crippen LogP contribution < -0.4 is 10.6 Å². The Morgan fingerprint density at radius 1 is 1.22 bits per heavy atom. The maximum Gasteiger partial charge on any atom is 0.191 e. The Kier molecular flexibility index (Phi) is 7.95. The summed E-state index contributed by atoms with van der Waals surface area (Å²) in [5, 5.41) is 6.70. The van der Waals surface area contributed by atoms with E-state index in [0.717, 1.165) is 38.4 Å². The summed E-state index contributed by atoms with van der Waals surface area (Å²) in [6.45, 7) is 10.7. The highest BCUT2D eigenvalue weighted by molar-refractivity contribution is 5.79. The molecule has 0 radical (unpaired) electrons. The highest BCUT2D eigenvalue weighted by atomic mass is 15.2. The number of guanidine groups is 1. The molecule has 0 aliphatic carbocycles. The first-order chi connectivity index (χ1) is 11.3. The second-order valence-electron chi connectivity index (χ2n) is 6.34. The van der Waals surface area contributed by atoms with Crippen molar-refractivity contribution in [1.29, 1.82) is 0 Å². The third-order valence-corrected chi connectivity index (χ3v) is 4.32. The van der Waals surface area contributed by atoms with Gasteiger partial charge in [0.25, 0.3) is 0 Å². The van der Waals surface area contributed by atoms with E-state index >= 15 is 0 Å². The Labute approximate surface area is 141 Å². The standard InChI is InChI=1S/C19H32N4/c1-3-12-21-19(20-4-2)22-15-18-11-14-23(16-18)13-10-17-8-6-5-7-9-17/h5-9,18H,3-4,10-16H2,1-2H3,(H2,20,21,22). The average Bonchev–Trinajstić information content (AvgIpc) is 3.04. The quantitative estimate of drug-likeness (QED) is 0.572. The zero-order valence-electron chi connectivity index (χ0n) is 14.7. The van der Waals surface area contributed by atoms with E-state index in [4.69, 9.17) is 4.99 Å². The Hall–Kier alpha value is -1.55. The van der Waals surface area contributed by atoms with Crippen LogP contribution in [0.15, 0.2) is 35.3 Å². The third-order valence-electron chi connectivity index (χ3n) is 4.32. The molecule has 1 aromatic carbocycles. The van der Waals surface area contributed by atoms with Crippen LogP contribution in [0.5, 0.6) is 0 Å². The molecule has 0 saturated carbocycles. The van der Waals surface area contributed by atoms with Crippen LogP contribution in [0.2, 0.25) is 0 Å². The van der Waals surface area contributed by atoms with Crippen LogP contribution in [0, 0.1) is 5.92 Å². The number of rotatable bonds is 8. The Bertz CT molecular complexity index is 458. The summed E-state index contributed by atoms with van der Waals surface area (Å²) < 4.78 is 0. The molecule has 2 rings (SSSR count). The van der Waals surface area contributed by atoms with E-state index in [1.165, 1.54) is 31.6 Å². The predicted molar refractivity (Wildman–Crippen MR) is 99.0 cm³/mol. The number of nitrogens with zero attached hydrogens (tertiary/aromatic N) is 2. The van der Waals surface area contributed by atoms with Crippen LogP contribution in [-0.2, 0) is 6.42 Å². The van der Waals surface area contributed by atoms with Crippen molar-refractivity contribution in [3.8, 4) is 0 Å². The lowest BCUT2D eigenvalue weighted by atomic mass is 10.1. The molecule has 1 aliphatic heterocycles. The van der Waals surface area contributed by atoms with Gasteiger partial charge in [-0.15, -0.1) is 0 Å². The van der Waals surface area contributed by atoms with E-state index in [-0.39, 0.29) is 0 Å². The number of likely N-dealkylation sites (tertiary alicyclic amines) is 1. The van der Waals surface area contributed by atoms with Crippen LogP contribution in [0.4, 0.5) is 0 Å². The summed E-state index contributed by atoms with van der Waals surface area (Å²) in [4.78, 5) is 7.34. The number of aliphatic imine (C=N–C) groups is 1. The molecule has 1 saturated heterocycles. The molecule has 0 amide bonds. The first-order valence-corrected chi connectivity index (χ1v) is 9.10. The summed E-state index contributed by atoms with van der Waals surface area (Å²) in [6.07, 6.45) is 3.55. The van der Waals surface area contributed by atoms with Gasteiger partial charge in [0.1, 0.15) is 0 Å². The molecule has 1 aliphatic rings. The van der Waals surface area contributed by atoms with Crippen molar-refractivity contribution < 1.29 is 0 Å². The normalized spacial score (nSPS) is 19.0. The predicted octanol–water partition coefficient (Wildman–Crippen LogP) is 2.52. The van der Waals surface area contributed by atoms with Gasteiger partial charge in [0.2, 0.25) is 0 Å². The number of nitrogens with one attached hydrogen (secondary N) is 2. The third kappa shape index (κ3) is 6.61. The number of benzene rings is 1. The summed E-state index contributed by atoms with van der Waals surface area (Å²) >= 11 is 0. The van der Waals surface area contributed by atoms with Gasteiger partial charge in [-0.1, -0.05) is 37.3 Å². The minimum atomic E-state index is 0.697. The zero-order chi connectivity index (χ0) is 16.3. The molecule has 1 unspecified atom stereocenters. The van der Waals surface area contributed by atoms with Gasteiger partial charge in [-0.05, 0) is 44.2 Å². The van der Waals surface area contributed by atoms with Crippen LogP contribution >= 0.6 is 0 Å². The molecular weight excluding hydrogens is 284 g/mol. The molecule has 128 valence electrons. The smallest absolute Gasteiger partial charge is 0.191 e. The molecule has 1 atom stereocenters. The van der Waals surface area contributed by atoms with E-state index in [2.05, 4.69) is 59.7 Å². The molecule has 0 aromatic heterocycles. The van der Waals surface area contributed by atoms with Gasteiger partial charge in [-0.3, -0.25) is 4.99 Å². The maximum absolute atomic E-state index is 4.75. The molecule has 23 heavy (non-hydrogen) atoms. The van der Waals surface area contributed by atoms with Crippen molar-refractivity contribution in [2.45, 2.75) is 33.1 Å². The zero-order valence-corrected chi connectivity index (χ0v) is 14.7. The Morgan fingerprint density at radius 2 is 2.04 bits per heavy atom. The Morgan fingerprint density at radius 3 is 2.78 bits per heavy atom. The van der Waals surface area contributed by atoms with E-state index in [9.17, 15) is 0 Å². The van der Waals surface area contributed by atoms with E-state index in [1.54, 1.807) is 0 Å². The molecule has 1 heterocycles. The topological polar surface area (TPSA) is 39.7 Å². The molecule has 1 fully saturated rings. The largest absolute Gasteiger partial charge is 0.357 e. The summed E-state index contributed by atoms with van der Waals surface area (Å²) in [5.74, 6) is 1.67. The summed E-state index contributed by atoms with van der Waals surface area (Å²) in [6, 6.07) is 10.8. The van der Waals surface area contributed by atoms with E-state index < -0.39 is 0 Å². The lowest BCUT2D eigenvalue weighted by Crippen LogP contribution is -2.38. The van der Waals surface area contributed by atoms with Gasteiger partial charge in [-0.2, -0.15) is 0 Å². The SMILES string of the molecule is CCCNC(=NCC1CCN(CCc2ccccc2)C1)NCC. The first kappa shape index (κ1) is 17.8. The first-order valence-electron chi connectivity index (χ1n) is 9.10. The van der Waals surface area contributed by atoms with E-state index in [0.29, 0.717) is 5.92 Å². The second kappa shape index (κ2) is 10.3. The van der Waals surface area contributed by atoms with Crippen LogP contribution in [0.1, 0.15) is 32.3 Å². The highest BCUT2D eigenvalue weighted by Gasteiger charge is 2.21. The monoisotopic (exact) mass is 316 g/mol. The fourth-order valence-corrected chi connectivity index (χ4v) is 3.00. The fraction of sp³-hybridized carbons (Fsp3) is 0.632. The van der Waals surface area contributed by atoms with Gasteiger partial charge in [-0.25, -0.2) is 0 Å². The molecule has 4 nitrogen and oxygen atoms in total. The second-order valence-corrected chi connectivity index (χ2v) is 6.34. The van der Waals surface area contributed by atoms with Crippen LogP contribution in [0.3, 0.4) is 0 Å². The van der Waals surface area contributed by atoms with E-state index in [1.807, 2.05) is 0 Å². The molecule has 2 N–H and O–H groups in total. The van der Waals surface area contributed by atoms with Crippen LogP contribution in [-0.4, -0.2) is 50.1 Å². The van der Waals surface area contributed by atoms with Gasteiger partial charge < -0.3 is 15.5 Å². The average molecular weight is 316 g/mol. The van der Waals surface area contributed by atoms with Crippen molar-refractivity contribution in [2.75, 3.05) is 39.3 Å². The molecule has 0 spiro atoms. The summed E-state index contributed by atoms with van der Waals surface area (Å²) in [7, 11) is 0. The lowest BCUT2D eigenvalue weighted by molar-refractivity contribution is 0.329. The molecule has 4 heteroatoms. The van der Waals surface area contributed by atoms with Crippen molar-refractivity contribution in [1.82, 2.24) is 15.5 Å². The number of hydrogen-bond acceptors (Lipinski definition) is 2. The maximum atomic E-state index is 4.75. The molecule has 1 aromatic rings. The highest BCUT2D eigenvalue weighted by Crippen LogP contribution is 2.17. The number of hydrogen-bond donors (Lipinski definition) is 2. The fourth-order valence-electron chi connectivity index (χ4n) is 3.00. The minimum absolute atomic E-state index is 0.697. The molecule has 0 bridgehead atoms. The summed E-state index contributed by atoms with van der Waals surface area (Å²) in [5.41, 5.74) is 1.44. The van der Waals surface area contributed by atoms with Crippen LogP contribution in [0.25, 0.3) is 0 Å². The van der Waals surface area contributed by atoms with Gasteiger partial charge in [0, 0.05) is 32.7 Å².